The summed E-state index contributed by atoms with van der Waals surface area (Å²) in [4.78, 5) is 39.1. The number of rotatable bonds is 11. The molecule has 1 aromatic heterocycles. The minimum Gasteiger partial charge on any atom is -0.497 e. The number of fused-ring (bicyclic) bond motifs is 1. The van der Waals surface area contributed by atoms with Gasteiger partial charge in [0.05, 0.1) is 26.5 Å². The van der Waals surface area contributed by atoms with Gasteiger partial charge in [0, 0.05) is 60.6 Å². The number of carbonyl (C=O) groups is 2. The van der Waals surface area contributed by atoms with Gasteiger partial charge in [0.2, 0.25) is 5.88 Å². The van der Waals surface area contributed by atoms with Crippen LogP contribution in [0.25, 0.3) is 0 Å². The summed E-state index contributed by atoms with van der Waals surface area (Å²) in [5, 5.41) is 2.00. The van der Waals surface area contributed by atoms with Crippen LogP contribution in [-0.2, 0) is 25.0 Å². The second-order valence-electron chi connectivity index (χ2n) is 12.4. The van der Waals surface area contributed by atoms with E-state index in [4.69, 9.17) is 25.8 Å². The fourth-order valence-corrected chi connectivity index (χ4v) is 9.02. The van der Waals surface area contributed by atoms with Gasteiger partial charge in [-0.15, -0.1) is 0 Å². The first-order valence-corrected chi connectivity index (χ1v) is 18.6. The van der Waals surface area contributed by atoms with Crippen molar-refractivity contribution in [2.75, 3.05) is 70.9 Å². The van der Waals surface area contributed by atoms with Crippen LogP contribution in [-0.4, -0.2) is 113 Å². The highest BCUT2D eigenvalue weighted by Crippen LogP contribution is 2.52. The second kappa shape index (κ2) is 14.7. The molecule has 2 aromatic carbocycles. The largest absolute Gasteiger partial charge is 0.497 e. The minimum absolute atomic E-state index is 0.0222. The molecule has 13 nitrogen and oxygen atoms in total. The van der Waals surface area contributed by atoms with Gasteiger partial charge in [-0.1, -0.05) is 24.6 Å². The van der Waals surface area contributed by atoms with E-state index in [1.54, 1.807) is 24.1 Å². The summed E-state index contributed by atoms with van der Waals surface area (Å²) >= 11 is 6.54. The molecule has 1 N–H and O–H groups in total. The topological polar surface area (TPSA) is 134 Å². The molecule has 0 bridgehead atoms. The third-order valence-electron chi connectivity index (χ3n) is 9.87. The number of piperidine rings is 1. The number of nitrogens with zero attached hydrogens (tertiary/aromatic N) is 5. The molecule has 1 atom stereocenters. The van der Waals surface area contributed by atoms with Gasteiger partial charge >= 0.3 is 0 Å². The average molecular weight is 727 g/mol. The Hall–Kier alpha value is -3.95. The van der Waals surface area contributed by atoms with Crippen LogP contribution in [0.3, 0.4) is 0 Å². The number of hydrogen-bond donors (Lipinski definition) is 1. The van der Waals surface area contributed by atoms with Crippen molar-refractivity contribution in [1.29, 1.82) is 0 Å². The summed E-state index contributed by atoms with van der Waals surface area (Å²) in [7, 11) is -1.92. The maximum Gasteiger partial charge on any atom is 0.274 e. The van der Waals surface area contributed by atoms with Crippen molar-refractivity contribution in [2.24, 2.45) is 0 Å². The standard InChI is InChI=1S/C35H43ClN6O7S/c1-5-39-16-13-25(14-17-39)40-18-20-41(21-19-40)38-33(43)35(27-8-7-15-37-32(27)49-6-2)28-22-24(36)9-11-29(28)42(34(35)44)50(45,46)31-12-10-26(47-3)23-30(31)48-4/h7-12,15,22-23,25H,5-6,13-14,16-21H2,1-4H3,(H,38,43). The van der Waals surface area contributed by atoms with Crippen molar-refractivity contribution in [3.05, 3.63) is 70.9 Å². The molecular formula is C35H43ClN6O7S. The summed E-state index contributed by atoms with van der Waals surface area (Å²) in [6.45, 7) is 9.81. The SMILES string of the molecule is CCOc1ncccc1C1(C(=O)NN2CCN(C3CCN(CC)CC3)CC2)C(=O)N(S(=O)(=O)c2ccc(OC)cc2OC)c2ccc(Cl)cc21. The molecule has 268 valence electrons. The number of amides is 2. The van der Waals surface area contributed by atoms with E-state index < -0.39 is 27.3 Å². The minimum atomic E-state index is -4.68. The van der Waals surface area contributed by atoms with E-state index in [0.717, 1.165) is 45.6 Å². The van der Waals surface area contributed by atoms with Gasteiger partial charge < -0.3 is 19.1 Å². The molecule has 0 saturated carbocycles. The highest BCUT2D eigenvalue weighted by molar-refractivity contribution is 7.93. The van der Waals surface area contributed by atoms with Gasteiger partial charge in [0.15, 0.2) is 5.41 Å². The number of aromatic nitrogens is 1. The van der Waals surface area contributed by atoms with E-state index >= 15 is 4.79 Å². The maximum absolute atomic E-state index is 15.2. The van der Waals surface area contributed by atoms with Gasteiger partial charge in [0.25, 0.3) is 21.8 Å². The Morgan fingerprint density at radius 1 is 0.980 bits per heavy atom. The number of sulfonamides is 1. The van der Waals surface area contributed by atoms with E-state index in [9.17, 15) is 13.2 Å². The molecule has 2 saturated heterocycles. The van der Waals surface area contributed by atoms with Gasteiger partial charge in [0.1, 0.15) is 16.4 Å². The van der Waals surface area contributed by atoms with Crippen LogP contribution < -0.4 is 23.9 Å². The zero-order valence-electron chi connectivity index (χ0n) is 28.7. The Morgan fingerprint density at radius 2 is 1.72 bits per heavy atom. The number of ether oxygens (including phenoxy) is 3. The van der Waals surface area contributed by atoms with Crippen LogP contribution in [0.5, 0.6) is 17.4 Å². The number of anilines is 1. The molecule has 0 aliphatic carbocycles. The van der Waals surface area contributed by atoms with Crippen LogP contribution in [0.15, 0.2) is 59.6 Å². The van der Waals surface area contributed by atoms with Crippen molar-refractivity contribution in [3.63, 3.8) is 0 Å². The summed E-state index contributed by atoms with van der Waals surface area (Å²) in [6.07, 6.45) is 3.68. The molecule has 3 aliphatic rings. The normalized spacial score (nSPS) is 20.8. The lowest BCUT2D eigenvalue weighted by atomic mass is 9.75. The molecular weight excluding hydrogens is 684 g/mol. The van der Waals surface area contributed by atoms with Crippen LogP contribution >= 0.6 is 11.6 Å². The van der Waals surface area contributed by atoms with Crippen molar-refractivity contribution in [2.45, 2.75) is 43.0 Å². The number of nitrogens with one attached hydrogen (secondary N) is 1. The van der Waals surface area contributed by atoms with E-state index in [-0.39, 0.29) is 45.0 Å². The van der Waals surface area contributed by atoms with Crippen molar-refractivity contribution < 1.29 is 32.2 Å². The predicted octanol–water partition coefficient (Wildman–Crippen LogP) is 3.31. The first-order chi connectivity index (χ1) is 24.1. The first kappa shape index (κ1) is 35.9. The molecule has 15 heteroatoms. The van der Waals surface area contributed by atoms with Crippen molar-refractivity contribution in [1.82, 2.24) is 25.2 Å². The number of methoxy groups -OCH3 is 2. The first-order valence-electron chi connectivity index (χ1n) is 16.8. The quantitative estimate of drug-likeness (QED) is 0.292. The molecule has 2 amide bonds. The van der Waals surface area contributed by atoms with Gasteiger partial charge in [-0.05, 0) is 75.8 Å². The van der Waals surface area contributed by atoms with E-state index in [2.05, 4.69) is 27.1 Å². The Kier molecular flexibility index (Phi) is 10.6. The summed E-state index contributed by atoms with van der Waals surface area (Å²) in [5.74, 6) is -1.43. The lowest BCUT2D eigenvalue weighted by Gasteiger charge is -2.43. The fourth-order valence-electron chi connectivity index (χ4n) is 7.24. The Balaban J connectivity index is 1.41. The Bertz CT molecular complexity index is 1850. The number of halogens is 1. The second-order valence-corrected chi connectivity index (χ2v) is 14.6. The highest BCUT2D eigenvalue weighted by Gasteiger charge is 2.62. The lowest BCUT2D eigenvalue weighted by Crippen LogP contribution is -2.61. The molecule has 3 aromatic rings. The number of pyridine rings is 1. The van der Waals surface area contributed by atoms with Gasteiger partial charge in [-0.2, -0.15) is 0 Å². The predicted molar refractivity (Wildman–Crippen MR) is 188 cm³/mol. The number of likely N-dealkylation sites (tertiary alicyclic amines) is 1. The fraction of sp³-hybridized carbons (Fsp3) is 0.457. The average Bonchev–Trinajstić information content (AvgIpc) is 3.40. The molecule has 3 aliphatic heterocycles. The Morgan fingerprint density at radius 3 is 2.38 bits per heavy atom. The Labute approximate surface area is 298 Å². The third kappa shape index (κ3) is 6.28. The maximum atomic E-state index is 15.2. The zero-order valence-corrected chi connectivity index (χ0v) is 30.3. The smallest absolute Gasteiger partial charge is 0.274 e. The third-order valence-corrected chi connectivity index (χ3v) is 11.8. The molecule has 1 unspecified atom stereocenters. The lowest BCUT2D eigenvalue weighted by molar-refractivity contribution is -0.137. The molecule has 0 radical (unpaired) electrons. The number of benzene rings is 2. The molecule has 0 spiro atoms. The monoisotopic (exact) mass is 726 g/mol. The summed E-state index contributed by atoms with van der Waals surface area (Å²) in [6, 6.07) is 12.2. The van der Waals surface area contributed by atoms with Crippen LogP contribution in [0, 0.1) is 0 Å². The van der Waals surface area contributed by atoms with E-state index in [1.165, 1.54) is 56.8 Å². The number of carbonyl (C=O) groups excluding carboxylic acids is 2. The van der Waals surface area contributed by atoms with Crippen LogP contribution in [0.2, 0.25) is 5.02 Å². The van der Waals surface area contributed by atoms with Crippen LogP contribution in [0.1, 0.15) is 37.8 Å². The zero-order chi connectivity index (χ0) is 35.6. The number of hydrogen-bond acceptors (Lipinski definition) is 11. The van der Waals surface area contributed by atoms with Crippen molar-refractivity contribution >= 4 is 39.1 Å². The van der Waals surface area contributed by atoms with E-state index in [0.29, 0.717) is 29.2 Å². The molecule has 6 rings (SSSR count). The highest BCUT2D eigenvalue weighted by atomic mass is 35.5. The molecule has 2 fully saturated rings. The van der Waals surface area contributed by atoms with Crippen LogP contribution in [0.4, 0.5) is 5.69 Å². The molecule has 4 heterocycles. The van der Waals surface area contributed by atoms with E-state index in [1.807, 2.05) is 0 Å². The summed E-state index contributed by atoms with van der Waals surface area (Å²) < 4.78 is 46.4. The van der Waals surface area contributed by atoms with Gasteiger partial charge in [-0.3, -0.25) is 19.9 Å². The molecule has 50 heavy (non-hydrogen) atoms. The van der Waals surface area contributed by atoms with Gasteiger partial charge in [-0.25, -0.2) is 22.7 Å². The number of piperazine rings is 1. The number of hydrazine groups is 1. The summed E-state index contributed by atoms with van der Waals surface area (Å²) in [5.41, 5.74) is 0.906. The van der Waals surface area contributed by atoms with Crippen molar-refractivity contribution in [3.8, 4) is 17.4 Å².